The number of alkyl halides is 3. The molecule has 144 valence electrons. The zero-order valence-corrected chi connectivity index (χ0v) is 14.1. The van der Waals surface area contributed by atoms with Gasteiger partial charge in [-0.05, 0) is 37.5 Å². The molecular weight excluding hydrogens is 371 g/mol. The molecule has 0 unspecified atom stereocenters. The Labute approximate surface area is 151 Å². The molecule has 1 fully saturated rings. The van der Waals surface area contributed by atoms with E-state index in [4.69, 9.17) is 0 Å². The van der Waals surface area contributed by atoms with Crippen molar-refractivity contribution in [1.29, 1.82) is 0 Å². The first-order chi connectivity index (χ1) is 12.6. The number of carbonyl (C=O) groups excluding carboxylic acids is 1. The molecule has 5 nitrogen and oxygen atoms in total. The number of hydrogen-bond donors (Lipinski definition) is 1. The number of hydrogen-bond acceptors (Lipinski definition) is 3. The molecule has 1 heterocycles. The first-order valence-corrected chi connectivity index (χ1v) is 8.04. The van der Waals surface area contributed by atoms with E-state index in [0.29, 0.717) is 19.3 Å². The number of amides is 2. The van der Waals surface area contributed by atoms with Gasteiger partial charge in [-0.3, -0.25) is 4.90 Å². The van der Waals surface area contributed by atoms with Gasteiger partial charge in [-0.1, -0.05) is 0 Å². The fraction of sp³-hybridized carbons (Fsp3) is 0.353. The molecule has 1 aromatic heterocycles. The third-order valence-corrected chi connectivity index (χ3v) is 4.50. The Morgan fingerprint density at radius 2 is 1.93 bits per heavy atom. The highest BCUT2D eigenvalue weighted by atomic mass is 19.4. The van der Waals surface area contributed by atoms with Crippen LogP contribution in [0.2, 0.25) is 0 Å². The summed E-state index contributed by atoms with van der Waals surface area (Å²) in [4.78, 5) is 20.8. The first-order valence-electron chi connectivity index (χ1n) is 8.04. The van der Waals surface area contributed by atoms with Crippen LogP contribution in [0.1, 0.15) is 30.8 Å². The molecule has 1 N–H and O–H groups in total. The minimum Gasteiger partial charge on any atom is -0.325 e. The Hall–Kier alpha value is -2.78. The predicted molar refractivity (Wildman–Crippen MR) is 85.9 cm³/mol. The van der Waals surface area contributed by atoms with Gasteiger partial charge in [0.1, 0.15) is 22.9 Å². The monoisotopic (exact) mass is 386 g/mol. The number of rotatable bonds is 3. The Bertz CT molecular complexity index is 867. The van der Waals surface area contributed by atoms with Crippen LogP contribution in [0, 0.1) is 11.6 Å². The fourth-order valence-electron chi connectivity index (χ4n) is 2.82. The third kappa shape index (κ3) is 3.69. The maximum absolute atomic E-state index is 13.9. The Morgan fingerprint density at radius 3 is 2.52 bits per heavy atom. The lowest BCUT2D eigenvalue weighted by molar-refractivity contribution is -0.141. The summed E-state index contributed by atoms with van der Waals surface area (Å²) in [7, 11) is 1.23. The summed E-state index contributed by atoms with van der Waals surface area (Å²) in [5, 5.41) is 2.58. The minimum atomic E-state index is -4.64. The van der Waals surface area contributed by atoms with Crippen molar-refractivity contribution in [3.63, 3.8) is 0 Å². The van der Waals surface area contributed by atoms with E-state index in [0.717, 1.165) is 35.4 Å². The van der Waals surface area contributed by atoms with Gasteiger partial charge >= 0.3 is 12.2 Å². The number of urea groups is 1. The highest BCUT2D eigenvalue weighted by Crippen LogP contribution is 2.40. The van der Waals surface area contributed by atoms with Crippen molar-refractivity contribution in [3.05, 3.63) is 53.6 Å². The van der Waals surface area contributed by atoms with Crippen LogP contribution in [0.4, 0.5) is 32.4 Å². The van der Waals surface area contributed by atoms with E-state index < -0.39 is 35.1 Å². The lowest BCUT2D eigenvalue weighted by atomic mass is 9.76. The van der Waals surface area contributed by atoms with Gasteiger partial charge in [0.15, 0.2) is 5.82 Å². The first kappa shape index (κ1) is 19.0. The van der Waals surface area contributed by atoms with Gasteiger partial charge in [-0.25, -0.2) is 23.5 Å². The number of carbonyl (C=O) groups is 1. The zero-order valence-electron chi connectivity index (χ0n) is 14.1. The van der Waals surface area contributed by atoms with Crippen LogP contribution in [0.15, 0.2) is 30.5 Å². The molecule has 0 aliphatic heterocycles. The van der Waals surface area contributed by atoms with Crippen LogP contribution in [0.25, 0.3) is 0 Å². The predicted octanol–water partition coefficient (Wildman–Crippen LogP) is 4.00. The van der Waals surface area contributed by atoms with Crippen molar-refractivity contribution in [2.45, 2.75) is 31.0 Å². The lowest BCUT2D eigenvalue weighted by Gasteiger charge is -2.41. The van der Waals surface area contributed by atoms with E-state index in [9.17, 15) is 26.7 Å². The van der Waals surface area contributed by atoms with E-state index in [2.05, 4.69) is 15.3 Å². The van der Waals surface area contributed by atoms with Gasteiger partial charge in [0.2, 0.25) is 0 Å². The molecule has 1 aliphatic rings. The molecular formula is C17H15F5N4O. The van der Waals surface area contributed by atoms with Crippen molar-refractivity contribution in [2.75, 3.05) is 11.9 Å². The Morgan fingerprint density at radius 1 is 1.22 bits per heavy atom. The second kappa shape index (κ2) is 6.75. The molecule has 1 aromatic carbocycles. The topological polar surface area (TPSA) is 58.1 Å². The average Bonchev–Trinajstić information content (AvgIpc) is 2.58. The van der Waals surface area contributed by atoms with Gasteiger partial charge < -0.3 is 5.32 Å². The standard InChI is InChI=1S/C17H15F5N4O/c1-26(12-9-10(18)3-4-11(12)19)15(27)25-16(6-2-7-16)14-23-8-5-13(24-14)17(20,21)22/h3-5,8-9H,2,6-7H2,1H3,(H,25,27). The van der Waals surface area contributed by atoms with Gasteiger partial charge in [0.25, 0.3) is 0 Å². The molecule has 0 spiro atoms. The molecule has 0 atom stereocenters. The van der Waals surface area contributed by atoms with Gasteiger partial charge in [-0.2, -0.15) is 13.2 Å². The lowest BCUT2D eigenvalue weighted by Crippen LogP contribution is -2.55. The van der Waals surface area contributed by atoms with E-state index >= 15 is 0 Å². The van der Waals surface area contributed by atoms with Crippen molar-refractivity contribution < 1.29 is 26.7 Å². The minimum absolute atomic E-state index is 0.162. The Kier molecular flexibility index (Phi) is 4.75. The summed E-state index contributed by atoms with van der Waals surface area (Å²) in [5.74, 6) is -1.71. The highest BCUT2D eigenvalue weighted by molar-refractivity contribution is 5.92. The molecule has 10 heteroatoms. The molecule has 1 saturated carbocycles. The second-order valence-electron chi connectivity index (χ2n) is 6.28. The van der Waals surface area contributed by atoms with Crippen molar-refractivity contribution >= 4 is 11.7 Å². The van der Waals surface area contributed by atoms with Crippen LogP contribution >= 0.6 is 0 Å². The average molecular weight is 386 g/mol. The van der Waals surface area contributed by atoms with Crippen LogP contribution < -0.4 is 10.2 Å². The number of aromatic nitrogens is 2. The van der Waals surface area contributed by atoms with Crippen LogP contribution in [0.3, 0.4) is 0 Å². The molecule has 2 aromatic rings. The molecule has 2 amide bonds. The molecule has 0 bridgehead atoms. The second-order valence-corrected chi connectivity index (χ2v) is 6.28. The van der Waals surface area contributed by atoms with Crippen molar-refractivity contribution in [1.82, 2.24) is 15.3 Å². The SMILES string of the molecule is CN(C(=O)NC1(c2nccc(C(F)(F)F)n2)CCC1)c1cc(F)ccc1F. The molecule has 27 heavy (non-hydrogen) atoms. The fourth-order valence-corrected chi connectivity index (χ4v) is 2.82. The molecule has 0 radical (unpaired) electrons. The van der Waals surface area contributed by atoms with Crippen molar-refractivity contribution in [2.24, 2.45) is 0 Å². The Balaban J connectivity index is 1.86. The summed E-state index contributed by atoms with van der Waals surface area (Å²) < 4.78 is 66.0. The molecule has 1 aliphatic carbocycles. The maximum atomic E-state index is 13.9. The van der Waals surface area contributed by atoms with Crippen LogP contribution in [-0.4, -0.2) is 23.0 Å². The zero-order chi connectivity index (χ0) is 19.8. The van der Waals surface area contributed by atoms with E-state index in [-0.39, 0.29) is 11.5 Å². The maximum Gasteiger partial charge on any atom is 0.433 e. The number of anilines is 1. The van der Waals surface area contributed by atoms with E-state index in [1.54, 1.807) is 0 Å². The summed E-state index contributed by atoms with van der Waals surface area (Å²) in [6.45, 7) is 0. The number of nitrogens with zero attached hydrogens (tertiary/aromatic N) is 3. The smallest absolute Gasteiger partial charge is 0.325 e. The number of nitrogens with one attached hydrogen (secondary N) is 1. The van der Waals surface area contributed by atoms with Crippen molar-refractivity contribution in [3.8, 4) is 0 Å². The quantitative estimate of drug-likeness (QED) is 0.812. The van der Waals surface area contributed by atoms with Gasteiger partial charge in [0.05, 0.1) is 5.69 Å². The largest absolute Gasteiger partial charge is 0.433 e. The molecule has 3 rings (SSSR count). The third-order valence-electron chi connectivity index (χ3n) is 4.50. The van der Waals surface area contributed by atoms with Gasteiger partial charge in [0, 0.05) is 19.3 Å². The van der Waals surface area contributed by atoms with E-state index in [1.807, 2.05) is 0 Å². The summed E-state index contributed by atoms with van der Waals surface area (Å²) >= 11 is 0. The van der Waals surface area contributed by atoms with Gasteiger partial charge in [-0.15, -0.1) is 0 Å². The highest BCUT2D eigenvalue weighted by Gasteiger charge is 2.45. The molecule has 0 saturated heterocycles. The van der Waals surface area contributed by atoms with Crippen LogP contribution in [0.5, 0.6) is 0 Å². The summed E-state index contributed by atoms with van der Waals surface area (Å²) in [5.41, 5.74) is -2.60. The number of benzene rings is 1. The van der Waals surface area contributed by atoms with Crippen LogP contribution in [-0.2, 0) is 11.7 Å². The van der Waals surface area contributed by atoms with E-state index in [1.165, 1.54) is 7.05 Å². The normalized spacial score (nSPS) is 15.8. The summed E-state index contributed by atoms with van der Waals surface area (Å²) in [6, 6.07) is 2.58. The number of halogens is 5. The summed E-state index contributed by atoms with van der Waals surface area (Å²) in [6.07, 6.45) is -2.35.